The van der Waals surface area contributed by atoms with E-state index in [-0.39, 0.29) is 35.5 Å². The van der Waals surface area contributed by atoms with Gasteiger partial charge in [0.05, 0.1) is 17.5 Å². The number of carbonyl (C=O) groups excluding carboxylic acids is 2. The van der Waals surface area contributed by atoms with Crippen molar-refractivity contribution in [3.8, 4) is 0 Å². The first-order valence-corrected chi connectivity index (χ1v) is 10.7. The van der Waals surface area contributed by atoms with Crippen LogP contribution in [0.4, 0.5) is 5.69 Å². The molecule has 3 aromatic rings. The van der Waals surface area contributed by atoms with Crippen molar-refractivity contribution in [3.05, 3.63) is 102 Å². The van der Waals surface area contributed by atoms with E-state index in [2.05, 4.69) is 24.3 Å². The third-order valence-electron chi connectivity index (χ3n) is 6.80. The summed E-state index contributed by atoms with van der Waals surface area (Å²) >= 11 is 0. The lowest BCUT2D eigenvalue weighted by Crippen LogP contribution is -2.34. The summed E-state index contributed by atoms with van der Waals surface area (Å²) in [4.78, 5) is 28.9. The van der Waals surface area contributed by atoms with Crippen molar-refractivity contribution in [1.29, 1.82) is 0 Å². The zero-order chi connectivity index (χ0) is 20.7. The van der Waals surface area contributed by atoms with Crippen LogP contribution >= 0.6 is 0 Å². The van der Waals surface area contributed by atoms with E-state index in [9.17, 15) is 9.59 Å². The van der Waals surface area contributed by atoms with Gasteiger partial charge >= 0.3 is 0 Å². The zero-order valence-corrected chi connectivity index (χ0v) is 17.1. The number of nitrogens with zero attached hydrogens (tertiary/aromatic N) is 1. The minimum atomic E-state index is -0.319. The fourth-order valence-electron chi connectivity index (χ4n) is 5.37. The van der Waals surface area contributed by atoms with Crippen LogP contribution in [0.3, 0.4) is 0 Å². The molecular formula is C27H25NO2. The van der Waals surface area contributed by atoms with Gasteiger partial charge in [-0.3, -0.25) is 14.5 Å². The number of hydrogen-bond acceptors (Lipinski definition) is 2. The van der Waals surface area contributed by atoms with Gasteiger partial charge in [-0.05, 0) is 54.9 Å². The molecule has 0 unspecified atom stereocenters. The van der Waals surface area contributed by atoms with Crippen molar-refractivity contribution in [1.82, 2.24) is 0 Å². The monoisotopic (exact) mass is 395 g/mol. The molecule has 1 heterocycles. The maximum Gasteiger partial charge on any atom is 0.238 e. The Labute approximate surface area is 177 Å². The second kappa shape index (κ2) is 7.56. The Morgan fingerprint density at radius 3 is 1.50 bits per heavy atom. The van der Waals surface area contributed by atoms with Crippen LogP contribution in [0.5, 0.6) is 0 Å². The van der Waals surface area contributed by atoms with Crippen LogP contribution in [0.15, 0.2) is 84.9 Å². The maximum absolute atomic E-state index is 13.7. The molecule has 1 aliphatic heterocycles. The summed E-state index contributed by atoms with van der Waals surface area (Å²) in [6.07, 6.45) is 1.82. The number of rotatable bonds is 3. The minimum Gasteiger partial charge on any atom is -0.274 e. The third kappa shape index (κ3) is 3.06. The van der Waals surface area contributed by atoms with Crippen LogP contribution in [0.1, 0.15) is 41.4 Å². The van der Waals surface area contributed by atoms with Crippen LogP contribution < -0.4 is 4.90 Å². The summed E-state index contributed by atoms with van der Waals surface area (Å²) in [5.41, 5.74) is 4.11. The Kier molecular flexibility index (Phi) is 4.74. The first-order chi connectivity index (χ1) is 14.6. The smallest absolute Gasteiger partial charge is 0.238 e. The van der Waals surface area contributed by atoms with E-state index in [1.807, 2.05) is 67.6 Å². The van der Waals surface area contributed by atoms with Crippen molar-refractivity contribution in [2.45, 2.75) is 31.6 Å². The maximum atomic E-state index is 13.7. The van der Waals surface area contributed by atoms with E-state index < -0.39 is 0 Å². The molecule has 0 N–H and O–H groups in total. The van der Waals surface area contributed by atoms with Crippen molar-refractivity contribution in [3.63, 3.8) is 0 Å². The summed E-state index contributed by atoms with van der Waals surface area (Å²) in [5.74, 6) is -0.599. The van der Waals surface area contributed by atoms with Gasteiger partial charge in [0.15, 0.2) is 0 Å². The van der Waals surface area contributed by atoms with Gasteiger partial charge in [0.25, 0.3) is 0 Å². The number of anilines is 1. The first kappa shape index (κ1) is 18.8. The minimum absolute atomic E-state index is 0.0525. The average molecular weight is 396 g/mol. The Balaban J connectivity index is 1.60. The molecule has 1 saturated carbocycles. The molecule has 30 heavy (non-hydrogen) atoms. The lowest BCUT2D eigenvalue weighted by molar-refractivity contribution is -0.122. The highest BCUT2D eigenvalue weighted by Gasteiger charge is 2.56. The summed E-state index contributed by atoms with van der Waals surface area (Å²) < 4.78 is 0. The molecule has 1 saturated heterocycles. The molecule has 150 valence electrons. The molecular weight excluding hydrogens is 370 g/mol. The van der Waals surface area contributed by atoms with E-state index in [1.165, 1.54) is 4.90 Å². The second-order valence-corrected chi connectivity index (χ2v) is 8.51. The standard InChI is InChI=1S/C27H25NO2/c1-18-12-14-21(15-13-18)28-26(29)24-22(19-8-4-2-5-9-19)16-17-23(25(24)27(28)30)20-10-6-3-7-11-20/h2-15,22-25H,16-17H2,1H3/t22-,23+,24-,25-/m0/s1. The third-order valence-corrected chi connectivity index (χ3v) is 6.80. The predicted octanol–water partition coefficient (Wildman–Crippen LogP) is 5.46. The average Bonchev–Trinajstić information content (AvgIpc) is 3.06. The largest absolute Gasteiger partial charge is 0.274 e. The van der Waals surface area contributed by atoms with E-state index in [4.69, 9.17) is 0 Å². The number of benzene rings is 3. The summed E-state index contributed by atoms with van der Waals surface area (Å²) in [6.45, 7) is 2.01. The van der Waals surface area contributed by atoms with Crippen LogP contribution in [-0.2, 0) is 9.59 Å². The van der Waals surface area contributed by atoms with Crippen molar-refractivity contribution < 1.29 is 9.59 Å². The summed E-state index contributed by atoms with van der Waals surface area (Å²) in [5, 5.41) is 0. The number of hydrogen-bond donors (Lipinski definition) is 0. The number of carbonyl (C=O) groups is 2. The SMILES string of the molecule is Cc1ccc(N2C(=O)[C@@H]3[C@@H](C2=O)[C@H](c2ccccc2)CC[C@@H]3c2ccccc2)cc1. The van der Waals surface area contributed by atoms with Gasteiger partial charge in [-0.1, -0.05) is 78.4 Å². The van der Waals surface area contributed by atoms with E-state index in [1.54, 1.807) is 0 Å². The van der Waals surface area contributed by atoms with Crippen molar-refractivity contribution in [2.75, 3.05) is 4.90 Å². The number of aryl methyl sites for hydroxylation is 1. The molecule has 3 nitrogen and oxygen atoms in total. The number of imide groups is 1. The highest BCUT2D eigenvalue weighted by Crippen LogP contribution is 2.53. The topological polar surface area (TPSA) is 37.4 Å². The molecule has 3 heteroatoms. The molecule has 5 rings (SSSR count). The van der Waals surface area contributed by atoms with Gasteiger partial charge in [-0.2, -0.15) is 0 Å². The van der Waals surface area contributed by atoms with E-state index >= 15 is 0 Å². The van der Waals surface area contributed by atoms with Gasteiger partial charge in [-0.25, -0.2) is 0 Å². The van der Waals surface area contributed by atoms with Gasteiger partial charge in [0, 0.05) is 0 Å². The van der Waals surface area contributed by atoms with Crippen molar-refractivity contribution >= 4 is 17.5 Å². The lowest BCUT2D eigenvalue weighted by Gasteiger charge is -2.37. The molecule has 0 bridgehead atoms. The molecule has 0 aromatic heterocycles. The molecule has 2 aliphatic rings. The first-order valence-electron chi connectivity index (χ1n) is 10.7. The normalized spacial score (nSPS) is 26.0. The molecule has 2 fully saturated rings. The van der Waals surface area contributed by atoms with Gasteiger partial charge in [0.2, 0.25) is 11.8 Å². The van der Waals surface area contributed by atoms with Gasteiger partial charge in [0.1, 0.15) is 0 Å². The number of fused-ring (bicyclic) bond motifs is 1. The Bertz CT molecular complexity index is 994. The Hall–Kier alpha value is -3.20. The second-order valence-electron chi connectivity index (χ2n) is 8.51. The van der Waals surface area contributed by atoms with E-state index in [0.29, 0.717) is 5.69 Å². The Morgan fingerprint density at radius 1 is 0.633 bits per heavy atom. The van der Waals surface area contributed by atoms with E-state index in [0.717, 1.165) is 29.5 Å². The highest BCUT2D eigenvalue weighted by atomic mass is 16.2. The highest BCUT2D eigenvalue weighted by molar-refractivity contribution is 6.22. The lowest BCUT2D eigenvalue weighted by atomic mass is 9.64. The molecule has 0 radical (unpaired) electrons. The fourth-order valence-corrected chi connectivity index (χ4v) is 5.37. The van der Waals surface area contributed by atoms with Gasteiger partial charge in [-0.15, -0.1) is 0 Å². The number of amides is 2. The summed E-state index contributed by atoms with van der Waals surface area (Å²) in [6, 6.07) is 28.1. The predicted molar refractivity (Wildman–Crippen MR) is 118 cm³/mol. The molecule has 4 atom stereocenters. The van der Waals surface area contributed by atoms with Crippen LogP contribution in [0.2, 0.25) is 0 Å². The zero-order valence-electron chi connectivity index (χ0n) is 17.1. The van der Waals surface area contributed by atoms with Crippen molar-refractivity contribution in [2.24, 2.45) is 11.8 Å². The molecule has 1 aliphatic carbocycles. The fraction of sp³-hybridized carbons (Fsp3) is 0.259. The molecule has 2 amide bonds. The Morgan fingerprint density at radius 2 is 1.07 bits per heavy atom. The van der Waals surface area contributed by atoms with Crippen LogP contribution in [0.25, 0.3) is 0 Å². The molecule has 3 aromatic carbocycles. The molecule has 0 spiro atoms. The van der Waals surface area contributed by atoms with Crippen LogP contribution in [-0.4, -0.2) is 11.8 Å². The van der Waals surface area contributed by atoms with Crippen LogP contribution in [0, 0.1) is 18.8 Å². The quantitative estimate of drug-likeness (QED) is 0.552. The summed E-state index contributed by atoms with van der Waals surface area (Å²) in [7, 11) is 0. The van der Waals surface area contributed by atoms with Gasteiger partial charge < -0.3 is 0 Å².